The summed E-state index contributed by atoms with van der Waals surface area (Å²) in [7, 11) is 0. The minimum absolute atomic E-state index is 0.149. The second-order valence-electron chi connectivity index (χ2n) is 9.34. The highest BCUT2D eigenvalue weighted by molar-refractivity contribution is 5.18. The van der Waals surface area contributed by atoms with Gasteiger partial charge in [0.15, 0.2) is 0 Å². The Morgan fingerprint density at radius 2 is 1.31 bits per heavy atom. The minimum atomic E-state index is -0.149. The Bertz CT molecular complexity index is 790. The van der Waals surface area contributed by atoms with Gasteiger partial charge in [-0.05, 0) is 30.4 Å². The lowest BCUT2D eigenvalue weighted by Crippen LogP contribution is -2.78. The molecule has 3 heterocycles. The number of fused-ring (bicyclic) bond motifs is 2. The molecule has 5 rings (SSSR count). The Morgan fingerprint density at radius 1 is 0.759 bits per heavy atom. The van der Waals surface area contributed by atoms with Crippen molar-refractivity contribution in [2.45, 2.75) is 36.9 Å². The van der Waals surface area contributed by atoms with Gasteiger partial charge in [0.2, 0.25) is 0 Å². The number of hydrogen-bond acceptors (Lipinski definition) is 4. The molecule has 154 valence electrons. The van der Waals surface area contributed by atoms with Gasteiger partial charge in [0.25, 0.3) is 0 Å². The number of hydrogen-bond donors (Lipinski definition) is 1. The molecule has 1 spiro atoms. The van der Waals surface area contributed by atoms with E-state index in [1.165, 1.54) is 11.1 Å². The highest BCUT2D eigenvalue weighted by atomic mass is 16.3. The molecule has 2 aromatic rings. The van der Waals surface area contributed by atoms with Crippen LogP contribution in [0.1, 0.15) is 17.5 Å². The number of nitrogens with zero attached hydrogens (tertiary/aromatic N) is 3. The molecule has 1 N–H and O–H groups in total. The van der Waals surface area contributed by atoms with Crippen molar-refractivity contribution in [3.63, 3.8) is 0 Å². The summed E-state index contributed by atoms with van der Waals surface area (Å²) in [5, 5.41) is 10.4. The van der Waals surface area contributed by atoms with Crippen molar-refractivity contribution >= 4 is 0 Å². The fourth-order valence-corrected chi connectivity index (χ4v) is 5.78. The van der Waals surface area contributed by atoms with Gasteiger partial charge in [0.05, 0.1) is 11.6 Å². The maximum absolute atomic E-state index is 10.4. The molecule has 0 unspecified atom stereocenters. The summed E-state index contributed by atoms with van der Waals surface area (Å²) in [5.74, 6) is 0. The summed E-state index contributed by atoms with van der Waals surface area (Å²) in [6.45, 7) is 7.66. The topological polar surface area (TPSA) is 30.0 Å². The number of likely N-dealkylation sites (tertiary alicyclic amines) is 1. The second kappa shape index (κ2) is 8.19. The fourth-order valence-electron chi connectivity index (χ4n) is 5.78. The maximum Gasteiger partial charge on any atom is 0.0682 e. The zero-order chi connectivity index (χ0) is 19.7. The first-order chi connectivity index (χ1) is 14.2. The van der Waals surface area contributed by atoms with E-state index in [1.807, 2.05) is 0 Å². The molecular weight excluding hydrogens is 358 g/mol. The van der Waals surface area contributed by atoms with Crippen molar-refractivity contribution in [3.8, 4) is 0 Å². The van der Waals surface area contributed by atoms with Crippen molar-refractivity contribution in [3.05, 3.63) is 71.8 Å². The first-order valence-corrected chi connectivity index (χ1v) is 11.2. The van der Waals surface area contributed by atoms with Gasteiger partial charge in [0.1, 0.15) is 0 Å². The van der Waals surface area contributed by atoms with Crippen LogP contribution in [0.3, 0.4) is 0 Å². The standard InChI is InChI=1S/C25H33N3O/c29-24-15-23-16-26(13-11-21-7-3-1-4-8-21)18-25(28(23)17-24)19-27(20-25)14-12-22-9-5-2-6-10-22/h1-10,23-24,29H,11-20H2/t23-,24-/m1/s1. The van der Waals surface area contributed by atoms with Crippen LogP contribution in [0, 0.1) is 0 Å². The quantitative estimate of drug-likeness (QED) is 0.818. The van der Waals surface area contributed by atoms with Crippen molar-refractivity contribution in [1.82, 2.24) is 14.7 Å². The van der Waals surface area contributed by atoms with E-state index in [2.05, 4.69) is 75.4 Å². The van der Waals surface area contributed by atoms with Crippen molar-refractivity contribution in [2.75, 3.05) is 45.8 Å². The molecule has 0 saturated carbocycles. The van der Waals surface area contributed by atoms with Gasteiger partial charge in [-0.2, -0.15) is 0 Å². The van der Waals surface area contributed by atoms with E-state index < -0.39 is 0 Å². The molecule has 3 fully saturated rings. The molecule has 0 amide bonds. The number of β-amino-alcohol motifs (C(OH)–C–C–N with tert-alkyl or cyclic N) is 1. The monoisotopic (exact) mass is 391 g/mol. The van der Waals surface area contributed by atoms with Gasteiger partial charge in [0, 0.05) is 51.9 Å². The van der Waals surface area contributed by atoms with Crippen molar-refractivity contribution in [2.24, 2.45) is 0 Å². The van der Waals surface area contributed by atoms with Crippen LogP contribution in [-0.2, 0) is 12.8 Å². The number of rotatable bonds is 6. The van der Waals surface area contributed by atoms with E-state index in [0.29, 0.717) is 6.04 Å². The highest BCUT2D eigenvalue weighted by Gasteiger charge is 2.55. The molecule has 0 bridgehead atoms. The molecule has 2 aromatic carbocycles. The number of piperazine rings is 1. The van der Waals surface area contributed by atoms with Gasteiger partial charge in [-0.15, -0.1) is 0 Å². The van der Waals surface area contributed by atoms with Crippen molar-refractivity contribution < 1.29 is 5.11 Å². The number of aliphatic hydroxyl groups excluding tert-OH is 1. The Hall–Kier alpha value is -1.72. The summed E-state index contributed by atoms with van der Waals surface area (Å²) in [6.07, 6.45) is 3.03. The van der Waals surface area contributed by atoms with Gasteiger partial charge in [-0.3, -0.25) is 14.7 Å². The molecular formula is C25H33N3O. The summed E-state index contributed by atoms with van der Waals surface area (Å²) >= 11 is 0. The summed E-state index contributed by atoms with van der Waals surface area (Å²) in [6, 6.07) is 22.2. The average molecular weight is 392 g/mol. The highest BCUT2D eigenvalue weighted by Crippen LogP contribution is 2.38. The Balaban J connectivity index is 1.21. The van der Waals surface area contributed by atoms with Gasteiger partial charge >= 0.3 is 0 Å². The van der Waals surface area contributed by atoms with Crippen LogP contribution >= 0.6 is 0 Å². The Kier molecular flexibility index (Phi) is 5.44. The summed E-state index contributed by atoms with van der Waals surface area (Å²) in [5.41, 5.74) is 3.10. The largest absolute Gasteiger partial charge is 0.392 e. The van der Waals surface area contributed by atoms with Gasteiger partial charge < -0.3 is 5.11 Å². The lowest BCUT2D eigenvalue weighted by Gasteiger charge is -2.61. The Morgan fingerprint density at radius 3 is 1.93 bits per heavy atom. The molecule has 3 aliphatic rings. The summed E-state index contributed by atoms with van der Waals surface area (Å²) < 4.78 is 0. The molecule has 0 aliphatic carbocycles. The smallest absolute Gasteiger partial charge is 0.0682 e. The van der Waals surface area contributed by atoms with Crippen LogP contribution in [0.25, 0.3) is 0 Å². The van der Waals surface area contributed by atoms with Gasteiger partial charge in [-0.1, -0.05) is 60.7 Å². The lowest BCUT2D eigenvalue weighted by molar-refractivity contribution is -0.112. The number of benzene rings is 2. The first kappa shape index (κ1) is 19.3. The minimum Gasteiger partial charge on any atom is -0.392 e. The van der Waals surface area contributed by atoms with Crippen LogP contribution in [0.5, 0.6) is 0 Å². The van der Waals surface area contributed by atoms with E-state index in [-0.39, 0.29) is 11.6 Å². The Labute approximate surface area is 174 Å². The molecule has 4 nitrogen and oxygen atoms in total. The third-order valence-corrected chi connectivity index (χ3v) is 7.14. The van der Waals surface area contributed by atoms with E-state index in [9.17, 15) is 5.11 Å². The molecule has 3 aliphatic heterocycles. The van der Waals surface area contributed by atoms with E-state index >= 15 is 0 Å². The van der Waals surface area contributed by atoms with E-state index in [4.69, 9.17) is 0 Å². The SMILES string of the molecule is O[C@@H]1C[C@@H]2CN(CCc3ccccc3)CC3(CN(CCc4ccccc4)C3)N2C1. The molecule has 2 atom stereocenters. The third-order valence-electron chi connectivity index (χ3n) is 7.14. The zero-order valence-electron chi connectivity index (χ0n) is 17.3. The van der Waals surface area contributed by atoms with E-state index in [0.717, 1.165) is 65.1 Å². The molecule has 0 radical (unpaired) electrons. The molecule has 4 heteroatoms. The zero-order valence-corrected chi connectivity index (χ0v) is 17.3. The van der Waals surface area contributed by atoms with Gasteiger partial charge in [-0.25, -0.2) is 0 Å². The predicted molar refractivity (Wildman–Crippen MR) is 117 cm³/mol. The second-order valence-corrected chi connectivity index (χ2v) is 9.34. The fraction of sp³-hybridized carbons (Fsp3) is 0.520. The van der Waals surface area contributed by atoms with Crippen LogP contribution in [0.2, 0.25) is 0 Å². The maximum atomic E-state index is 10.4. The van der Waals surface area contributed by atoms with Crippen LogP contribution in [0.4, 0.5) is 0 Å². The first-order valence-electron chi connectivity index (χ1n) is 11.2. The molecule has 0 aromatic heterocycles. The average Bonchev–Trinajstić information content (AvgIpc) is 3.11. The predicted octanol–water partition coefficient (Wildman–Crippen LogP) is 2.28. The van der Waals surface area contributed by atoms with Crippen molar-refractivity contribution in [1.29, 1.82) is 0 Å². The van der Waals surface area contributed by atoms with Crippen LogP contribution < -0.4 is 0 Å². The molecule has 3 saturated heterocycles. The third kappa shape index (κ3) is 4.13. The lowest BCUT2D eigenvalue weighted by atomic mass is 9.83. The van der Waals surface area contributed by atoms with Crippen LogP contribution in [0.15, 0.2) is 60.7 Å². The number of aliphatic hydroxyl groups is 1. The normalized spacial score (nSPS) is 27.1. The molecule has 29 heavy (non-hydrogen) atoms. The van der Waals surface area contributed by atoms with E-state index in [1.54, 1.807) is 0 Å². The van der Waals surface area contributed by atoms with Crippen LogP contribution in [-0.4, -0.2) is 83.3 Å². The summed E-state index contributed by atoms with van der Waals surface area (Å²) in [4.78, 5) is 7.94.